The average Bonchev–Trinajstić information content (AvgIpc) is 3.30. The lowest BCUT2D eigenvalue weighted by Crippen LogP contribution is -2.58. The van der Waals surface area contributed by atoms with Crippen LogP contribution in [0.4, 0.5) is 0 Å². The van der Waals surface area contributed by atoms with E-state index in [0.717, 1.165) is 0 Å². The van der Waals surface area contributed by atoms with Gasteiger partial charge in [0.2, 0.25) is 8.32 Å². The van der Waals surface area contributed by atoms with Crippen molar-refractivity contribution in [1.29, 1.82) is 0 Å². The van der Waals surface area contributed by atoms with E-state index >= 15 is 0 Å². The molecule has 0 aliphatic heterocycles. The average molecular weight is 1480 g/mol. The summed E-state index contributed by atoms with van der Waals surface area (Å²) < 4.78 is 383. The molecule has 0 spiro atoms. The van der Waals surface area contributed by atoms with Crippen LogP contribution in [0.5, 0.6) is 0 Å². The molecular weight excluding hydrogens is 1470 g/mol. The zero-order valence-corrected chi connectivity index (χ0v) is 66.7. The minimum absolute atomic E-state index is 1.45. The normalized spacial score (nSPS) is 10.5. The molecule has 0 saturated carbocycles. The van der Waals surface area contributed by atoms with Crippen LogP contribution in [0.15, 0.2) is 0 Å². The highest BCUT2D eigenvalue weighted by Crippen LogP contribution is 2.03. The van der Waals surface area contributed by atoms with E-state index in [1.807, 2.05) is 0 Å². The van der Waals surface area contributed by atoms with Gasteiger partial charge in [-0.1, -0.05) is 19.6 Å². The highest BCUT2D eigenvalue weighted by Gasteiger charge is 2.59. The van der Waals surface area contributed by atoms with Crippen LogP contribution in [0.25, 0.3) is 0 Å². The van der Waals surface area contributed by atoms with Crippen LogP contribution >= 0.6 is 0 Å². The largest absolute Gasteiger partial charge is 0.578 e. The molecule has 69 heavy (non-hydrogen) atoms. The maximum Gasteiger partial charge on any atom is 0.532 e. The summed E-state index contributed by atoms with van der Waals surface area (Å²) in [7, 11) is -137. The van der Waals surface area contributed by atoms with Crippen molar-refractivity contribution in [3.05, 3.63) is 0 Å². The minimum Gasteiger partial charge on any atom is -0.578 e. The molecule has 31 nitrogen and oxygen atoms in total. The Kier molecular flexibility index (Phi) is 29.6. The molecule has 63 heteroatoms. The summed E-state index contributed by atoms with van der Waals surface area (Å²) >= 11 is 0. The van der Waals surface area contributed by atoms with Gasteiger partial charge in [0.25, 0.3) is 0 Å². The fraction of sp³-hybridized carbons (Fsp3) is 1.00. The predicted octanol–water partition coefficient (Wildman–Crippen LogP) is -12.3. The van der Waals surface area contributed by atoms with Crippen molar-refractivity contribution in [1.82, 2.24) is 0 Å². The molecule has 0 aromatic rings. The molecule has 0 rings (SSSR count). The monoisotopic (exact) mass is 1480 g/mol. The Labute approximate surface area is 420 Å². The van der Waals surface area contributed by atoms with Crippen molar-refractivity contribution in [3.63, 3.8) is 0 Å². The predicted molar refractivity (Wildman–Crippen MR) is 241 cm³/mol. The highest BCUT2D eigenvalue weighted by molar-refractivity contribution is 7.85. The zero-order valence-electron chi connectivity index (χ0n) is 34.7. The molecule has 0 N–H and O–H groups in total. The Morgan fingerprint density at radius 1 is 0.188 bits per heavy atom. The van der Waals surface area contributed by atoms with E-state index in [-0.39, 0.29) is 0 Å². The van der Waals surface area contributed by atoms with Crippen molar-refractivity contribution in [2.45, 2.75) is 39.3 Å². The summed E-state index contributed by atoms with van der Waals surface area (Å²) in [5.41, 5.74) is 0. The van der Waals surface area contributed by atoms with E-state index in [1.54, 1.807) is 0 Å². The Bertz CT molecular complexity index is 2880. The van der Waals surface area contributed by atoms with Crippen LogP contribution in [0.1, 0.15) is 0 Å². The lowest BCUT2D eigenvalue weighted by molar-refractivity contribution is 0.462. The fourth-order valence-corrected chi connectivity index (χ4v) is 364. The molecule has 0 heterocycles. The first-order valence-corrected chi connectivity index (χ1v) is 96.1. The van der Waals surface area contributed by atoms with Gasteiger partial charge in [-0.05, 0) is 19.6 Å². The van der Waals surface area contributed by atoms with Crippen molar-refractivity contribution in [3.8, 4) is 0 Å². The molecule has 0 saturated heterocycles. The quantitative estimate of drug-likeness (QED) is 0.0564. The van der Waals surface area contributed by atoms with Crippen molar-refractivity contribution in [2.24, 2.45) is 0 Å². The van der Waals surface area contributed by atoms with Crippen molar-refractivity contribution >= 4 is 248 Å². The van der Waals surface area contributed by atoms with E-state index < -0.39 is 248 Å². The number of hydrogen-bond acceptors (Lipinski definition) is 31. The zero-order chi connectivity index (χ0) is 55.0. The second kappa shape index (κ2) is 29.3. The minimum atomic E-state index is -4.70. The smallest absolute Gasteiger partial charge is 0.532 e. The summed E-state index contributed by atoms with van der Waals surface area (Å²) in [5, 5.41) is 0. The van der Waals surface area contributed by atoms with E-state index in [2.05, 4.69) is 0 Å². The highest BCUT2D eigenvalue weighted by atomic mass is 30.1. The molecule has 0 unspecified atom stereocenters. The van der Waals surface area contributed by atoms with Crippen molar-refractivity contribution < 1.29 is 138 Å². The Morgan fingerprint density at radius 3 is 0.420 bits per heavy atom. The fourth-order valence-electron chi connectivity index (χ4n) is 3.54. The lowest BCUT2D eigenvalue weighted by Gasteiger charge is -2.16. The van der Waals surface area contributed by atoms with Gasteiger partial charge in [0.1, 0.15) is 7.59 Å². The summed E-state index contributed by atoms with van der Waals surface area (Å²) in [6.45, 7) is 8.76. The van der Waals surface area contributed by atoms with Gasteiger partial charge in [-0.3, -0.25) is 0 Å². The molecule has 0 amide bonds. The van der Waals surface area contributed by atoms with Gasteiger partial charge >= 0.3 is 232 Å². The van der Waals surface area contributed by atoms with E-state index in [1.165, 1.54) is 39.3 Å². The van der Waals surface area contributed by atoms with Gasteiger partial charge in [-0.25, -0.2) is 0 Å². The standard InChI is InChI=1S/C6H18O31Si32/c1-68(2,3)37-38(7)39(8)40(9)41(10)42(11)43(12)44(13)45(14)46(15)47(16)48(17)49(18)50(19)51(20)52(21)53(22)54(23)55(24)56(25)57(26)58(27)59(28)60(29)61(30)62(31)63(32)64(33)65(34)66(35)67(36)69(4,5)6/h1-6H3. The molecule has 0 atom stereocenters. The maximum atomic E-state index is 12.7. The number of rotatable bonds is 32. The van der Waals surface area contributed by atoms with Gasteiger partial charge in [0, 0.05) is 0 Å². The maximum absolute atomic E-state index is 12.7. The molecule has 0 bridgehead atoms. The van der Waals surface area contributed by atoms with Gasteiger partial charge in [-0.15, -0.1) is 0 Å². The summed E-state index contributed by atoms with van der Waals surface area (Å²) in [6.07, 6.45) is 0. The first-order valence-electron chi connectivity index (χ1n) is 17.0. The Balaban J connectivity index is 5.91. The summed E-state index contributed by atoms with van der Waals surface area (Å²) in [4.78, 5) is 0. The third kappa shape index (κ3) is 18.8. The van der Waals surface area contributed by atoms with Gasteiger partial charge in [0.05, 0.1) is 0 Å². The second-order valence-electron chi connectivity index (χ2n) is 14.3. The molecule has 0 aliphatic rings. The first-order chi connectivity index (χ1) is 31.0. The number of hydrogen-bond donors (Lipinski definition) is 0. The topological polar surface area (TPSA) is 521 Å². The van der Waals surface area contributed by atoms with Crippen LogP contribution in [-0.2, 0) is 138 Å². The van der Waals surface area contributed by atoms with Crippen LogP contribution in [0, 0.1) is 0 Å². The lowest BCUT2D eigenvalue weighted by atomic mass is 11.8. The van der Waals surface area contributed by atoms with E-state index in [0.29, 0.717) is 0 Å². The molecule has 0 radical (unpaired) electrons. The SMILES string of the molecule is C[Si](C)(C)O[Si](=O)[Si](=O)[Si](=O)[Si](=O)[Si](=O)[Si](=O)[Si](=O)[Si](=O)[Si](=O)[Si](=O)[Si](=O)[Si](=O)[Si](=O)[Si](=O)[Si](=O)[Si](=O)[Si](=O)[Si](=O)[Si](=O)[Si](=O)[Si](=O)[Si](=O)[Si](=O)[Si](=O)[Si](=O)[Si](=O)[Si](=O)[Si](=O)[Si](=O)[Si](=O)[Si](C)(C)C. The van der Waals surface area contributed by atoms with E-state index in [4.69, 9.17) is 4.12 Å². The van der Waals surface area contributed by atoms with Crippen LogP contribution in [0.2, 0.25) is 39.3 Å². The Morgan fingerprint density at radius 2 is 0.304 bits per heavy atom. The molecule has 0 aromatic carbocycles. The van der Waals surface area contributed by atoms with Crippen LogP contribution < -0.4 is 0 Å². The molecular formula is C6H18O31Si32. The molecule has 0 aromatic heterocycles. The molecule has 0 aliphatic carbocycles. The summed E-state index contributed by atoms with van der Waals surface area (Å²) in [6, 6.07) is 0. The second-order valence-corrected chi connectivity index (χ2v) is 172. The van der Waals surface area contributed by atoms with Gasteiger partial charge in [-0.2, -0.15) is 0 Å². The van der Waals surface area contributed by atoms with Gasteiger partial charge < -0.3 is 138 Å². The molecule has 0 fully saturated rings. The van der Waals surface area contributed by atoms with Crippen LogP contribution in [-0.4, -0.2) is 248 Å². The van der Waals surface area contributed by atoms with Gasteiger partial charge in [0.15, 0.2) is 0 Å². The van der Waals surface area contributed by atoms with E-state index in [9.17, 15) is 134 Å². The summed E-state index contributed by atoms with van der Waals surface area (Å²) in [5.74, 6) is 0. The van der Waals surface area contributed by atoms with Crippen molar-refractivity contribution in [2.75, 3.05) is 0 Å². The molecule has 356 valence electrons. The first kappa shape index (κ1) is 69.7. The third-order valence-corrected chi connectivity index (χ3v) is 250. The van der Waals surface area contributed by atoms with Crippen LogP contribution in [0.3, 0.4) is 0 Å². The third-order valence-electron chi connectivity index (χ3n) is 7.04. The Hall–Kier alpha value is 0.740.